The largest absolute Gasteiger partial charge is 0.481 e. The van der Waals surface area contributed by atoms with Crippen LogP contribution in [0, 0.1) is 10.8 Å². The van der Waals surface area contributed by atoms with Crippen molar-refractivity contribution in [3.8, 4) is 0 Å². The van der Waals surface area contributed by atoms with Gasteiger partial charge in [0.15, 0.2) is 0 Å². The van der Waals surface area contributed by atoms with Crippen LogP contribution in [0.15, 0.2) is 46.9 Å². The molecule has 3 unspecified atom stereocenters. The number of aromatic nitrogens is 4. The highest BCUT2D eigenvalue weighted by atomic mass is 16.4. The molecule has 12 nitrogen and oxygen atoms in total. The van der Waals surface area contributed by atoms with E-state index in [0.717, 1.165) is 97.4 Å². The van der Waals surface area contributed by atoms with Gasteiger partial charge >= 0.3 is 11.9 Å². The lowest BCUT2D eigenvalue weighted by Crippen LogP contribution is -2.29. The van der Waals surface area contributed by atoms with Gasteiger partial charge < -0.3 is 20.0 Å². The van der Waals surface area contributed by atoms with Crippen LogP contribution in [0.1, 0.15) is 138 Å². The molecule has 5 heterocycles. The molecule has 12 heteroatoms. The van der Waals surface area contributed by atoms with Crippen LogP contribution in [0.5, 0.6) is 0 Å². The zero-order valence-electron chi connectivity index (χ0n) is 32.5. The lowest BCUT2D eigenvalue weighted by molar-refractivity contribution is -0.140. The standard InChI is InChI=1S/C42H54N8O4/c1-7-43-39-29(11-15-49(39)37-25-9-13-45-35(37)27(17-25)19-41(3,4)21-33(51)52)31-23-48-32(24-47-31)30-12-16-50(40(30)44-8-2)38-26-10-14-46-36(38)28(18-26)20-42(5,6)22-34(53)54/h9-10,13-14,23-24,27-30H,7-8,11-12,15-22H2,1-6H3,(H,51,52)(H,53,54)/t27?,28?,29-,30?/m1/s1. The van der Waals surface area contributed by atoms with E-state index in [1.54, 1.807) is 0 Å². The SMILES string of the molecule is CCN=C1C(c2cnc([C@H]3CCN(c4c5ccnc4C(CC(C)(C)CC(=O)O)C5)C3=NCC)cn2)CCN1c1c2ccnc1C(CC(C)(C)CC(=O)O)C2. The van der Waals surface area contributed by atoms with Crippen molar-refractivity contribution in [3.63, 3.8) is 0 Å². The summed E-state index contributed by atoms with van der Waals surface area (Å²) in [6, 6.07) is 4.21. The van der Waals surface area contributed by atoms with Crippen molar-refractivity contribution in [2.45, 2.75) is 117 Å². The second-order valence-corrected chi connectivity index (χ2v) is 17.1. The number of anilines is 2. The number of carboxylic acids is 2. The summed E-state index contributed by atoms with van der Waals surface area (Å²) in [7, 11) is 0. The number of aliphatic imine (C=N–C) groups is 2. The Morgan fingerprint density at radius 2 is 1.11 bits per heavy atom. The number of carbonyl (C=O) groups is 2. The zero-order valence-corrected chi connectivity index (χ0v) is 32.5. The third-order valence-corrected chi connectivity index (χ3v) is 11.7. The number of fused-ring (bicyclic) bond motifs is 4. The van der Waals surface area contributed by atoms with Gasteiger partial charge in [-0.2, -0.15) is 0 Å². The second kappa shape index (κ2) is 14.8. The number of hydrogen-bond donors (Lipinski definition) is 2. The number of aliphatic carboxylic acids is 2. The van der Waals surface area contributed by atoms with Gasteiger partial charge in [0.1, 0.15) is 11.7 Å². The van der Waals surface area contributed by atoms with Crippen LogP contribution in [-0.4, -0.2) is 79.9 Å². The summed E-state index contributed by atoms with van der Waals surface area (Å²) in [5.41, 5.74) is 7.99. The van der Waals surface area contributed by atoms with Crippen molar-refractivity contribution in [2.75, 3.05) is 36.0 Å². The minimum Gasteiger partial charge on any atom is -0.481 e. The van der Waals surface area contributed by atoms with E-state index in [2.05, 4.69) is 35.8 Å². The summed E-state index contributed by atoms with van der Waals surface area (Å²) < 4.78 is 0. The molecular weight excluding hydrogens is 681 g/mol. The first-order valence-corrected chi connectivity index (χ1v) is 19.6. The maximum atomic E-state index is 11.6. The third kappa shape index (κ3) is 7.36. The maximum Gasteiger partial charge on any atom is 0.303 e. The average Bonchev–Trinajstić information content (AvgIpc) is 3.79. The van der Waals surface area contributed by atoms with Crippen LogP contribution < -0.4 is 9.80 Å². The summed E-state index contributed by atoms with van der Waals surface area (Å²) in [5.74, 6) is 0.811. The Hall–Kier alpha value is -4.74. The van der Waals surface area contributed by atoms with Gasteiger partial charge in [-0.15, -0.1) is 0 Å². The number of pyridine rings is 2. The van der Waals surface area contributed by atoms with E-state index in [4.69, 9.17) is 29.9 Å². The Bertz CT molecular complexity index is 1830. The monoisotopic (exact) mass is 734 g/mol. The van der Waals surface area contributed by atoms with Gasteiger partial charge in [0.2, 0.25) is 0 Å². The first-order valence-electron chi connectivity index (χ1n) is 19.6. The van der Waals surface area contributed by atoms with Crippen molar-refractivity contribution < 1.29 is 19.8 Å². The molecule has 0 aromatic carbocycles. The van der Waals surface area contributed by atoms with Crippen LogP contribution in [0.25, 0.3) is 0 Å². The Labute approximate surface area is 318 Å². The topological polar surface area (TPSA) is 157 Å². The van der Waals surface area contributed by atoms with E-state index < -0.39 is 11.9 Å². The molecule has 3 aromatic heterocycles. The van der Waals surface area contributed by atoms with Crippen LogP contribution in [-0.2, 0) is 22.4 Å². The Morgan fingerprint density at radius 3 is 1.46 bits per heavy atom. The predicted octanol–water partition coefficient (Wildman–Crippen LogP) is 7.15. The molecule has 4 bridgehead atoms. The molecule has 7 rings (SSSR count). The molecule has 2 saturated heterocycles. The summed E-state index contributed by atoms with van der Waals surface area (Å²) in [5, 5.41) is 19.0. The second-order valence-electron chi connectivity index (χ2n) is 17.1. The third-order valence-electron chi connectivity index (χ3n) is 11.7. The first kappa shape index (κ1) is 37.6. The molecule has 54 heavy (non-hydrogen) atoms. The van der Waals surface area contributed by atoms with E-state index >= 15 is 0 Å². The Kier molecular flexibility index (Phi) is 10.3. The van der Waals surface area contributed by atoms with E-state index in [9.17, 15) is 19.8 Å². The van der Waals surface area contributed by atoms with Crippen molar-refractivity contribution in [1.82, 2.24) is 19.9 Å². The van der Waals surface area contributed by atoms with E-state index in [0.29, 0.717) is 13.1 Å². The van der Waals surface area contributed by atoms with Crippen LogP contribution >= 0.6 is 0 Å². The van der Waals surface area contributed by atoms with Crippen molar-refractivity contribution in [3.05, 3.63) is 70.8 Å². The Balaban J connectivity index is 1.10. The number of amidine groups is 2. The molecule has 0 saturated carbocycles. The van der Waals surface area contributed by atoms with Crippen LogP contribution in [0.3, 0.4) is 0 Å². The summed E-state index contributed by atoms with van der Waals surface area (Å²) >= 11 is 0. The molecule has 2 aliphatic heterocycles. The van der Waals surface area contributed by atoms with Gasteiger partial charge in [-0.3, -0.25) is 39.5 Å². The van der Waals surface area contributed by atoms with Gasteiger partial charge in [-0.1, -0.05) is 27.7 Å². The lowest BCUT2D eigenvalue weighted by atomic mass is 9.79. The minimum absolute atomic E-state index is 0.00759. The average molecular weight is 735 g/mol. The molecule has 0 radical (unpaired) electrons. The molecule has 0 spiro atoms. The fourth-order valence-electron chi connectivity index (χ4n) is 9.75. The molecule has 4 aliphatic rings. The van der Waals surface area contributed by atoms with Crippen LogP contribution in [0.2, 0.25) is 0 Å². The Morgan fingerprint density at radius 1 is 0.704 bits per heavy atom. The zero-order chi connectivity index (χ0) is 38.4. The summed E-state index contributed by atoms with van der Waals surface area (Å²) in [6.07, 6.45) is 12.9. The molecule has 3 aromatic rings. The first-order chi connectivity index (χ1) is 25.8. The van der Waals surface area contributed by atoms with Gasteiger partial charge in [-0.05, 0) is 86.5 Å². The van der Waals surface area contributed by atoms with Crippen molar-refractivity contribution in [1.29, 1.82) is 0 Å². The number of nitrogens with zero attached hydrogens (tertiary/aromatic N) is 8. The predicted molar refractivity (Wildman–Crippen MR) is 210 cm³/mol. The molecule has 2 fully saturated rings. The van der Waals surface area contributed by atoms with Gasteiger partial charge in [0, 0.05) is 62.8 Å². The maximum absolute atomic E-state index is 11.6. The molecule has 2 N–H and O–H groups in total. The van der Waals surface area contributed by atoms with Gasteiger partial charge in [0.05, 0.1) is 58.8 Å². The van der Waals surface area contributed by atoms with Crippen LogP contribution in [0.4, 0.5) is 11.4 Å². The van der Waals surface area contributed by atoms with Gasteiger partial charge in [-0.25, -0.2) is 0 Å². The highest BCUT2D eigenvalue weighted by Gasteiger charge is 2.43. The number of hydrogen-bond acceptors (Lipinski definition) is 8. The molecule has 0 amide bonds. The highest BCUT2D eigenvalue weighted by Crippen LogP contribution is 2.50. The summed E-state index contributed by atoms with van der Waals surface area (Å²) in [4.78, 5) is 57.8. The number of rotatable bonds is 14. The van der Waals surface area contributed by atoms with E-state index in [1.165, 1.54) is 11.1 Å². The lowest BCUT2D eigenvalue weighted by Gasteiger charge is -2.27. The van der Waals surface area contributed by atoms with Gasteiger partial charge in [0.25, 0.3) is 0 Å². The minimum atomic E-state index is -0.769. The quantitative estimate of drug-likeness (QED) is 0.174. The van der Waals surface area contributed by atoms with E-state index in [-0.39, 0.29) is 47.3 Å². The molecule has 286 valence electrons. The van der Waals surface area contributed by atoms with Crippen molar-refractivity contribution >= 4 is 35.0 Å². The normalized spacial score (nSPS) is 23.7. The fraction of sp³-hybridized carbons (Fsp3) is 0.571. The van der Waals surface area contributed by atoms with E-state index in [1.807, 2.05) is 52.5 Å². The molecule has 4 atom stereocenters. The van der Waals surface area contributed by atoms with Crippen molar-refractivity contribution in [2.24, 2.45) is 20.8 Å². The fourth-order valence-corrected chi connectivity index (χ4v) is 9.75. The molecular formula is C42H54N8O4. The smallest absolute Gasteiger partial charge is 0.303 e. The number of carboxylic acid groups (broad SMARTS) is 2. The summed E-state index contributed by atoms with van der Waals surface area (Å²) in [6.45, 7) is 15.2. The highest BCUT2D eigenvalue weighted by molar-refractivity contribution is 6.06. The molecule has 2 aliphatic carbocycles.